The van der Waals surface area contributed by atoms with E-state index in [1.807, 2.05) is 13.8 Å². The fraction of sp³-hybridized carbons (Fsp3) is 0.636. The summed E-state index contributed by atoms with van der Waals surface area (Å²) in [7, 11) is 0. The third kappa shape index (κ3) is 5.73. The average Bonchev–Trinajstić information content (AvgIpc) is 2.85. The number of hydrogen-bond donors (Lipinski definition) is 2. The molecule has 1 amide bonds. The molecule has 0 fully saturated rings. The summed E-state index contributed by atoms with van der Waals surface area (Å²) in [4.78, 5) is 11.2. The fourth-order valence-electron chi connectivity index (χ4n) is 1.44. The molecule has 0 aromatic carbocycles. The van der Waals surface area contributed by atoms with E-state index in [1.54, 1.807) is 28.5 Å². The summed E-state index contributed by atoms with van der Waals surface area (Å²) in [5.74, 6) is -0.683. The molecule has 8 heteroatoms. The van der Waals surface area contributed by atoms with E-state index in [4.69, 9.17) is 0 Å². The Balaban J connectivity index is 2.30. The molecule has 2 unspecified atom stereocenters. The SMILES string of the molecule is CC(NCC(=O)NCC(F)(F)F)C(C)n1cccn1. The predicted molar refractivity (Wildman–Crippen MR) is 63.5 cm³/mol. The minimum absolute atomic E-state index is 0.00887. The van der Waals surface area contributed by atoms with Gasteiger partial charge in [0.15, 0.2) is 0 Å². The van der Waals surface area contributed by atoms with Gasteiger partial charge in [-0.05, 0) is 19.9 Å². The summed E-state index contributed by atoms with van der Waals surface area (Å²) in [5, 5.41) is 8.73. The van der Waals surface area contributed by atoms with Crippen LogP contribution in [0.15, 0.2) is 18.5 Å². The van der Waals surface area contributed by atoms with Crippen LogP contribution in [-0.4, -0.2) is 41.0 Å². The highest BCUT2D eigenvalue weighted by atomic mass is 19.4. The lowest BCUT2D eigenvalue weighted by Gasteiger charge is -2.21. The quantitative estimate of drug-likeness (QED) is 0.819. The molecule has 0 saturated heterocycles. The maximum atomic E-state index is 11.9. The van der Waals surface area contributed by atoms with E-state index in [0.29, 0.717) is 0 Å². The van der Waals surface area contributed by atoms with Crippen LogP contribution in [0.25, 0.3) is 0 Å². The van der Waals surface area contributed by atoms with Gasteiger partial charge in [0.2, 0.25) is 5.91 Å². The molecule has 1 rings (SSSR count). The number of nitrogens with one attached hydrogen (secondary N) is 2. The van der Waals surface area contributed by atoms with Crippen molar-refractivity contribution in [2.24, 2.45) is 0 Å². The van der Waals surface area contributed by atoms with Crippen molar-refractivity contribution in [1.82, 2.24) is 20.4 Å². The number of hydrogen-bond acceptors (Lipinski definition) is 3. The number of amides is 1. The molecule has 1 heterocycles. The van der Waals surface area contributed by atoms with Crippen LogP contribution >= 0.6 is 0 Å². The van der Waals surface area contributed by atoms with Crippen LogP contribution < -0.4 is 10.6 Å². The van der Waals surface area contributed by atoms with E-state index in [1.165, 1.54) is 0 Å². The van der Waals surface area contributed by atoms with Crippen molar-refractivity contribution in [2.75, 3.05) is 13.1 Å². The minimum Gasteiger partial charge on any atom is -0.346 e. The van der Waals surface area contributed by atoms with Crippen LogP contribution in [0.4, 0.5) is 13.2 Å². The highest BCUT2D eigenvalue weighted by molar-refractivity contribution is 5.78. The number of alkyl halides is 3. The Morgan fingerprint density at radius 1 is 1.42 bits per heavy atom. The lowest BCUT2D eigenvalue weighted by molar-refractivity contribution is -0.138. The second-order valence-corrected chi connectivity index (χ2v) is 4.29. The third-order valence-corrected chi connectivity index (χ3v) is 2.74. The van der Waals surface area contributed by atoms with Crippen molar-refractivity contribution in [3.05, 3.63) is 18.5 Å². The van der Waals surface area contributed by atoms with Crippen molar-refractivity contribution >= 4 is 5.91 Å². The summed E-state index contributed by atoms with van der Waals surface area (Å²) < 4.78 is 37.4. The maximum absolute atomic E-state index is 11.9. The van der Waals surface area contributed by atoms with Crippen LogP contribution in [0.1, 0.15) is 19.9 Å². The number of nitrogens with zero attached hydrogens (tertiary/aromatic N) is 2. The molecular weight excluding hydrogens is 261 g/mol. The summed E-state index contributed by atoms with van der Waals surface area (Å²) in [6, 6.07) is 1.67. The molecule has 0 saturated carbocycles. The molecule has 0 spiro atoms. The Morgan fingerprint density at radius 3 is 2.63 bits per heavy atom. The van der Waals surface area contributed by atoms with Crippen molar-refractivity contribution in [3.63, 3.8) is 0 Å². The monoisotopic (exact) mass is 278 g/mol. The zero-order valence-corrected chi connectivity index (χ0v) is 10.7. The van der Waals surface area contributed by atoms with Gasteiger partial charge in [0.1, 0.15) is 6.54 Å². The molecule has 2 atom stereocenters. The van der Waals surface area contributed by atoms with E-state index >= 15 is 0 Å². The number of carbonyl (C=O) groups excluding carboxylic acids is 1. The largest absolute Gasteiger partial charge is 0.405 e. The molecule has 5 nitrogen and oxygen atoms in total. The zero-order valence-electron chi connectivity index (χ0n) is 10.7. The molecule has 0 aliphatic rings. The maximum Gasteiger partial charge on any atom is 0.405 e. The van der Waals surface area contributed by atoms with Crippen LogP contribution in [0.3, 0.4) is 0 Å². The molecule has 0 bridgehead atoms. The Labute approximate surface area is 109 Å². The van der Waals surface area contributed by atoms with Crippen LogP contribution in [0, 0.1) is 0 Å². The molecular formula is C11H17F3N4O. The Morgan fingerprint density at radius 2 is 2.11 bits per heavy atom. The molecule has 0 aliphatic heterocycles. The molecule has 0 radical (unpaired) electrons. The predicted octanol–water partition coefficient (Wildman–Crippen LogP) is 1.10. The number of carbonyl (C=O) groups is 1. The molecule has 1 aromatic heterocycles. The smallest absolute Gasteiger partial charge is 0.346 e. The normalized spacial score (nSPS) is 15.0. The van der Waals surface area contributed by atoms with Crippen LogP contribution in [-0.2, 0) is 4.79 Å². The Hall–Kier alpha value is -1.57. The standard InChI is InChI=1S/C11H17F3N4O/c1-8(9(2)18-5-3-4-17-18)15-6-10(19)16-7-11(12,13)14/h3-5,8-9,15H,6-7H2,1-2H3,(H,16,19). The van der Waals surface area contributed by atoms with E-state index in [9.17, 15) is 18.0 Å². The summed E-state index contributed by atoms with van der Waals surface area (Å²) in [6.07, 6.45) is -0.963. The second kappa shape index (κ2) is 6.55. The average molecular weight is 278 g/mol. The van der Waals surface area contributed by atoms with Gasteiger partial charge < -0.3 is 10.6 Å². The molecule has 0 aliphatic carbocycles. The highest BCUT2D eigenvalue weighted by Crippen LogP contribution is 2.12. The van der Waals surface area contributed by atoms with Crippen LogP contribution in [0.5, 0.6) is 0 Å². The molecule has 2 N–H and O–H groups in total. The van der Waals surface area contributed by atoms with Gasteiger partial charge in [0.25, 0.3) is 0 Å². The summed E-state index contributed by atoms with van der Waals surface area (Å²) in [5.41, 5.74) is 0. The van der Waals surface area contributed by atoms with E-state index in [0.717, 1.165) is 0 Å². The van der Waals surface area contributed by atoms with Crippen molar-refractivity contribution in [1.29, 1.82) is 0 Å². The van der Waals surface area contributed by atoms with Gasteiger partial charge in [0.05, 0.1) is 12.6 Å². The summed E-state index contributed by atoms with van der Waals surface area (Å²) >= 11 is 0. The van der Waals surface area contributed by atoms with Gasteiger partial charge in [-0.15, -0.1) is 0 Å². The van der Waals surface area contributed by atoms with Crippen molar-refractivity contribution in [2.45, 2.75) is 32.1 Å². The van der Waals surface area contributed by atoms with Gasteiger partial charge in [-0.3, -0.25) is 9.48 Å². The van der Waals surface area contributed by atoms with Gasteiger partial charge in [-0.2, -0.15) is 18.3 Å². The zero-order chi connectivity index (χ0) is 14.5. The Bertz CT molecular complexity index is 391. The van der Waals surface area contributed by atoms with E-state index in [-0.39, 0.29) is 18.6 Å². The first kappa shape index (κ1) is 15.5. The molecule has 108 valence electrons. The number of rotatable bonds is 6. The van der Waals surface area contributed by atoms with Gasteiger partial charge in [-0.25, -0.2) is 0 Å². The number of halogens is 3. The molecule has 19 heavy (non-hydrogen) atoms. The lowest BCUT2D eigenvalue weighted by Crippen LogP contribution is -2.43. The summed E-state index contributed by atoms with van der Waals surface area (Å²) in [6.45, 7) is 2.27. The fourth-order valence-corrected chi connectivity index (χ4v) is 1.44. The van der Waals surface area contributed by atoms with Crippen molar-refractivity contribution in [3.8, 4) is 0 Å². The van der Waals surface area contributed by atoms with E-state index in [2.05, 4.69) is 10.4 Å². The van der Waals surface area contributed by atoms with Gasteiger partial charge >= 0.3 is 6.18 Å². The lowest BCUT2D eigenvalue weighted by atomic mass is 10.2. The van der Waals surface area contributed by atoms with Crippen molar-refractivity contribution < 1.29 is 18.0 Å². The van der Waals surface area contributed by atoms with E-state index < -0.39 is 18.6 Å². The third-order valence-electron chi connectivity index (χ3n) is 2.74. The number of aromatic nitrogens is 2. The topological polar surface area (TPSA) is 59.0 Å². The highest BCUT2D eigenvalue weighted by Gasteiger charge is 2.27. The Kier molecular flexibility index (Phi) is 5.34. The van der Waals surface area contributed by atoms with Crippen LogP contribution in [0.2, 0.25) is 0 Å². The first-order chi connectivity index (χ1) is 8.79. The van der Waals surface area contributed by atoms with Gasteiger partial charge in [-0.1, -0.05) is 0 Å². The minimum atomic E-state index is -4.39. The first-order valence-electron chi connectivity index (χ1n) is 5.85. The molecule has 1 aromatic rings. The van der Waals surface area contributed by atoms with Gasteiger partial charge in [0, 0.05) is 18.4 Å². The second-order valence-electron chi connectivity index (χ2n) is 4.29. The first-order valence-corrected chi connectivity index (χ1v) is 5.85.